The number of nitrogen functional groups attached to an aromatic ring is 1. The van der Waals surface area contributed by atoms with Crippen LogP contribution in [0.25, 0.3) is 0 Å². The summed E-state index contributed by atoms with van der Waals surface area (Å²) in [6, 6.07) is 9.51. The van der Waals surface area contributed by atoms with Gasteiger partial charge in [-0.05, 0) is 59.1 Å². The molecular formula is C15H16BrN3O. The number of amides is 1. The minimum absolute atomic E-state index is 0.0429. The molecule has 0 spiro atoms. The predicted molar refractivity (Wildman–Crippen MR) is 82.4 cm³/mol. The van der Waals surface area contributed by atoms with E-state index in [0.717, 1.165) is 29.6 Å². The first kappa shape index (κ1) is 13.2. The van der Waals surface area contributed by atoms with Gasteiger partial charge in [0.25, 0.3) is 5.91 Å². The van der Waals surface area contributed by atoms with Crippen molar-refractivity contribution in [2.75, 3.05) is 12.3 Å². The molecule has 20 heavy (non-hydrogen) atoms. The molecule has 3 N–H and O–H groups in total. The van der Waals surface area contributed by atoms with Crippen molar-refractivity contribution in [1.82, 2.24) is 9.88 Å². The van der Waals surface area contributed by atoms with Crippen LogP contribution in [0, 0.1) is 0 Å². The van der Waals surface area contributed by atoms with Crippen molar-refractivity contribution in [3.63, 3.8) is 0 Å². The van der Waals surface area contributed by atoms with Crippen LogP contribution < -0.4 is 5.73 Å². The molecule has 1 aromatic carbocycles. The van der Waals surface area contributed by atoms with Crippen LogP contribution in [-0.4, -0.2) is 22.3 Å². The van der Waals surface area contributed by atoms with E-state index in [4.69, 9.17) is 5.73 Å². The lowest BCUT2D eigenvalue weighted by Crippen LogP contribution is -2.30. The summed E-state index contributed by atoms with van der Waals surface area (Å²) in [5, 5.41) is 0. The Kier molecular flexibility index (Phi) is 3.53. The van der Waals surface area contributed by atoms with E-state index in [2.05, 4.69) is 20.9 Å². The number of H-pyrrole nitrogens is 1. The number of nitrogens with zero attached hydrogens (tertiary/aromatic N) is 1. The molecule has 1 saturated heterocycles. The molecule has 1 fully saturated rings. The van der Waals surface area contributed by atoms with E-state index in [-0.39, 0.29) is 11.9 Å². The zero-order valence-corrected chi connectivity index (χ0v) is 12.6. The van der Waals surface area contributed by atoms with Gasteiger partial charge >= 0.3 is 0 Å². The molecule has 1 aliphatic heterocycles. The van der Waals surface area contributed by atoms with Crippen molar-refractivity contribution >= 4 is 27.5 Å². The Morgan fingerprint density at radius 3 is 2.95 bits per heavy atom. The highest BCUT2D eigenvalue weighted by Crippen LogP contribution is 2.32. The van der Waals surface area contributed by atoms with E-state index in [9.17, 15) is 4.79 Å². The van der Waals surface area contributed by atoms with Gasteiger partial charge in [0.05, 0.1) is 6.04 Å². The van der Waals surface area contributed by atoms with E-state index >= 15 is 0 Å². The summed E-state index contributed by atoms with van der Waals surface area (Å²) >= 11 is 3.35. The maximum absolute atomic E-state index is 12.7. The fourth-order valence-corrected chi connectivity index (χ4v) is 2.97. The average Bonchev–Trinajstić information content (AvgIpc) is 3.10. The highest BCUT2D eigenvalue weighted by Gasteiger charge is 2.31. The van der Waals surface area contributed by atoms with Gasteiger partial charge in [-0.1, -0.05) is 0 Å². The van der Waals surface area contributed by atoms with E-state index < -0.39 is 0 Å². The Hall–Kier alpha value is -1.75. The van der Waals surface area contributed by atoms with Crippen LogP contribution in [0.3, 0.4) is 0 Å². The number of aromatic nitrogens is 1. The lowest BCUT2D eigenvalue weighted by molar-refractivity contribution is 0.0733. The second-order valence-electron chi connectivity index (χ2n) is 5.02. The predicted octanol–water partition coefficient (Wildman–Crippen LogP) is 3.34. The van der Waals surface area contributed by atoms with Gasteiger partial charge in [0.15, 0.2) is 0 Å². The molecule has 2 aromatic rings. The smallest absolute Gasteiger partial charge is 0.254 e. The van der Waals surface area contributed by atoms with Crippen LogP contribution in [-0.2, 0) is 0 Å². The number of hydrogen-bond donors (Lipinski definition) is 2. The number of nitrogens with two attached hydrogens (primary N) is 1. The second kappa shape index (κ2) is 5.32. The number of anilines is 1. The van der Waals surface area contributed by atoms with E-state index in [1.807, 2.05) is 35.4 Å². The number of aromatic amines is 1. The van der Waals surface area contributed by atoms with Gasteiger partial charge in [0, 0.05) is 34.2 Å². The zero-order valence-electron chi connectivity index (χ0n) is 11.0. The van der Waals surface area contributed by atoms with Crippen LogP contribution in [0.4, 0.5) is 5.69 Å². The molecule has 1 aliphatic rings. The Morgan fingerprint density at radius 2 is 2.25 bits per heavy atom. The minimum atomic E-state index is 0.0429. The molecule has 4 nitrogen and oxygen atoms in total. The minimum Gasteiger partial charge on any atom is -0.398 e. The molecule has 0 saturated carbocycles. The highest BCUT2D eigenvalue weighted by atomic mass is 79.9. The first-order chi connectivity index (χ1) is 9.66. The third-order valence-corrected chi connectivity index (χ3v) is 4.46. The number of carbonyl (C=O) groups is 1. The SMILES string of the molecule is Nc1cc(C(=O)N2CCCC2c2ccc[nH]2)ccc1Br. The number of rotatable bonds is 2. The van der Waals surface area contributed by atoms with Gasteiger partial charge in [-0.3, -0.25) is 4.79 Å². The second-order valence-corrected chi connectivity index (χ2v) is 5.87. The summed E-state index contributed by atoms with van der Waals surface area (Å²) in [4.78, 5) is 17.8. The molecule has 1 aromatic heterocycles. The van der Waals surface area contributed by atoms with Crippen LogP contribution in [0.1, 0.15) is 34.9 Å². The maximum Gasteiger partial charge on any atom is 0.254 e. The van der Waals surface area contributed by atoms with Gasteiger partial charge in [-0.15, -0.1) is 0 Å². The summed E-state index contributed by atoms with van der Waals surface area (Å²) in [6.07, 6.45) is 3.92. The number of hydrogen-bond acceptors (Lipinski definition) is 2. The van der Waals surface area contributed by atoms with Crippen molar-refractivity contribution in [2.24, 2.45) is 0 Å². The average molecular weight is 334 g/mol. The van der Waals surface area contributed by atoms with Crippen LogP contribution in [0.5, 0.6) is 0 Å². The van der Waals surface area contributed by atoms with Crippen molar-refractivity contribution in [3.8, 4) is 0 Å². The van der Waals surface area contributed by atoms with Crippen LogP contribution in [0.2, 0.25) is 0 Å². The Labute approximate surface area is 126 Å². The van der Waals surface area contributed by atoms with Gasteiger partial charge in [-0.2, -0.15) is 0 Å². The normalized spacial score (nSPS) is 18.4. The van der Waals surface area contributed by atoms with E-state index in [0.29, 0.717) is 11.3 Å². The molecule has 0 bridgehead atoms. The Morgan fingerprint density at radius 1 is 1.40 bits per heavy atom. The number of nitrogens with one attached hydrogen (secondary N) is 1. The first-order valence-corrected chi connectivity index (χ1v) is 7.45. The highest BCUT2D eigenvalue weighted by molar-refractivity contribution is 9.10. The molecule has 2 heterocycles. The van der Waals surface area contributed by atoms with Crippen molar-refractivity contribution in [1.29, 1.82) is 0 Å². The van der Waals surface area contributed by atoms with E-state index in [1.165, 1.54) is 0 Å². The van der Waals surface area contributed by atoms with E-state index in [1.54, 1.807) is 6.07 Å². The fourth-order valence-electron chi connectivity index (χ4n) is 2.73. The maximum atomic E-state index is 12.7. The summed E-state index contributed by atoms with van der Waals surface area (Å²) in [6.45, 7) is 0.790. The zero-order chi connectivity index (χ0) is 14.1. The molecule has 1 atom stereocenters. The third kappa shape index (κ3) is 2.33. The number of carbonyl (C=O) groups excluding carboxylic acids is 1. The van der Waals surface area contributed by atoms with Crippen molar-refractivity contribution in [3.05, 3.63) is 52.3 Å². The number of halogens is 1. The lowest BCUT2D eigenvalue weighted by Gasteiger charge is -2.24. The quantitative estimate of drug-likeness (QED) is 0.828. The van der Waals surface area contributed by atoms with Crippen LogP contribution >= 0.6 is 15.9 Å². The molecule has 1 unspecified atom stereocenters. The standard InChI is InChI=1S/C15H16BrN3O/c16-11-6-5-10(9-12(11)17)15(20)19-8-2-4-14(19)13-3-1-7-18-13/h1,3,5-7,9,14,18H,2,4,8,17H2. The fraction of sp³-hybridized carbons (Fsp3) is 0.267. The summed E-state index contributed by atoms with van der Waals surface area (Å²) in [5.74, 6) is 0.0429. The van der Waals surface area contributed by atoms with Gasteiger partial charge in [0.2, 0.25) is 0 Å². The molecule has 5 heteroatoms. The van der Waals surface area contributed by atoms with Gasteiger partial charge < -0.3 is 15.6 Å². The van der Waals surface area contributed by atoms with Gasteiger partial charge in [-0.25, -0.2) is 0 Å². The molecule has 104 valence electrons. The topological polar surface area (TPSA) is 62.1 Å². The lowest BCUT2D eigenvalue weighted by atomic mass is 10.1. The molecule has 0 aliphatic carbocycles. The van der Waals surface area contributed by atoms with Gasteiger partial charge in [0.1, 0.15) is 0 Å². The molecule has 0 radical (unpaired) electrons. The molecular weight excluding hydrogens is 318 g/mol. The number of likely N-dealkylation sites (tertiary alicyclic amines) is 1. The Bertz CT molecular complexity index is 624. The monoisotopic (exact) mass is 333 g/mol. The Balaban J connectivity index is 1.87. The summed E-state index contributed by atoms with van der Waals surface area (Å²) in [5.41, 5.74) is 8.19. The number of benzene rings is 1. The molecule has 1 amide bonds. The largest absolute Gasteiger partial charge is 0.398 e. The summed E-state index contributed by atoms with van der Waals surface area (Å²) in [7, 11) is 0. The third-order valence-electron chi connectivity index (χ3n) is 3.74. The van der Waals surface area contributed by atoms with Crippen molar-refractivity contribution < 1.29 is 4.79 Å². The molecule has 3 rings (SSSR count). The van der Waals surface area contributed by atoms with Crippen molar-refractivity contribution in [2.45, 2.75) is 18.9 Å². The first-order valence-electron chi connectivity index (χ1n) is 6.66. The summed E-state index contributed by atoms with van der Waals surface area (Å²) < 4.78 is 0.816. The van der Waals surface area contributed by atoms with Crippen LogP contribution in [0.15, 0.2) is 41.0 Å².